The molecule has 0 spiro atoms. The summed E-state index contributed by atoms with van der Waals surface area (Å²) >= 11 is 5.79. The predicted octanol–water partition coefficient (Wildman–Crippen LogP) is 2.08. The highest BCUT2D eigenvalue weighted by Crippen LogP contribution is 2.26. The summed E-state index contributed by atoms with van der Waals surface area (Å²) in [6.45, 7) is 1.16. The van der Waals surface area contributed by atoms with Crippen molar-refractivity contribution in [2.24, 2.45) is 10.2 Å². The molecule has 0 saturated carbocycles. The number of carboxylic acid groups (broad SMARTS) is 1. The predicted molar refractivity (Wildman–Crippen MR) is 93.5 cm³/mol. The lowest BCUT2D eigenvalue weighted by atomic mass is 9.96. The Bertz CT molecular complexity index is 903. The second-order valence-corrected chi connectivity index (χ2v) is 6.04. The van der Waals surface area contributed by atoms with E-state index in [2.05, 4.69) is 10.2 Å². The first kappa shape index (κ1) is 20.2. The van der Waals surface area contributed by atoms with E-state index in [0.717, 1.165) is 4.90 Å². The molecule has 10 heteroatoms. The average Bonchev–Trinajstić information content (AvgIpc) is 2.63. The van der Waals surface area contributed by atoms with Gasteiger partial charge in [0, 0.05) is 13.2 Å². The van der Waals surface area contributed by atoms with E-state index in [9.17, 15) is 19.6 Å². The quantitative estimate of drug-likeness (QED) is 0.562. The van der Waals surface area contributed by atoms with E-state index in [-0.39, 0.29) is 47.0 Å². The van der Waals surface area contributed by atoms with Crippen molar-refractivity contribution in [2.75, 3.05) is 13.2 Å². The number of aliphatic hydroxyl groups is 1. The van der Waals surface area contributed by atoms with Crippen LogP contribution in [0.4, 0.5) is 5.69 Å². The van der Waals surface area contributed by atoms with Crippen LogP contribution in [-0.4, -0.2) is 52.1 Å². The largest absolute Gasteiger partial charge is 0.478 e. The molecule has 1 aromatic rings. The van der Waals surface area contributed by atoms with Gasteiger partial charge >= 0.3 is 5.97 Å². The van der Waals surface area contributed by atoms with Crippen LogP contribution in [0.25, 0.3) is 0 Å². The van der Waals surface area contributed by atoms with Gasteiger partial charge in [0.15, 0.2) is 6.04 Å². The highest BCUT2D eigenvalue weighted by molar-refractivity contribution is 6.33. The van der Waals surface area contributed by atoms with Gasteiger partial charge in [-0.05, 0) is 37.1 Å². The van der Waals surface area contributed by atoms with Gasteiger partial charge in [0.2, 0.25) is 0 Å². The molecule has 2 N–H and O–H groups in total. The van der Waals surface area contributed by atoms with Gasteiger partial charge in [-0.25, -0.2) is 4.79 Å². The zero-order valence-corrected chi connectivity index (χ0v) is 15.0. The van der Waals surface area contributed by atoms with Crippen LogP contribution < -0.4 is 0 Å². The average molecular weight is 391 g/mol. The summed E-state index contributed by atoms with van der Waals surface area (Å²) in [5.74, 6) is -2.64. The molecule has 1 unspecified atom stereocenters. The lowest BCUT2D eigenvalue weighted by Crippen LogP contribution is -2.48. The van der Waals surface area contributed by atoms with E-state index in [1.165, 1.54) is 25.1 Å². The zero-order chi connectivity index (χ0) is 20.1. The number of rotatable bonds is 6. The van der Waals surface area contributed by atoms with Crippen molar-refractivity contribution in [1.29, 1.82) is 5.26 Å². The number of benzene rings is 1. The summed E-state index contributed by atoms with van der Waals surface area (Å²) in [7, 11) is 0. The number of aliphatic hydroxyl groups excluding tert-OH is 1. The van der Waals surface area contributed by atoms with Crippen molar-refractivity contribution < 1.29 is 24.6 Å². The fourth-order valence-electron chi connectivity index (χ4n) is 2.45. The van der Waals surface area contributed by atoms with Crippen LogP contribution in [0.5, 0.6) is 0 Å². The summed E-state index contributed by atoms with van der Waals surface area (Å²) in [4.78, 5) is 36.8. The van der Waals surface area contributed by atoms with E-state index in [1.807, 2.05) is 0 Å². The van der Waals surface area contributed by atoms with Crippen molar-refractivity contribution in [3.05, 3.63) is 39.9 Å². The molecule has 27 heavy (non-hydrogen) atoms. The lowest BCUT2D eigenvalue weighted by Gasteiger charge is -2.28. The Morgan fingerprint density at radius 3 is 2.70 bits per heavy atom. The Hall–Kier alpha value is -3.09. The summed E-state index contributed by atoms with van der Waals surface area (Å²) in [5.41, 5.74) is -0.0785. The first-order valence-corrected chi connectivity index (χ1v) is 8.20. The third-order valence-electron chi connectivity index (χ3n) is 3.88. The van der Waals surface area contributed by atoms with Gasteiger partial charge < -0.3 is 10.2 Å². The Labute approximate surface area is 159 Å². The van der Waals surface area contributed by atoms with E-state index >= 15 is 0 Å². The fourth-order valence-corrected chi connectivity index (χ4v) is 2.65. The Morgan fingerprint density at radius 1 is 1.41 bits per heavy atom. The van der Waals surface area contributed by atoms with Crippen molar-refractivity contribution in [3.63, 3.8) is 0 Å². The normalized spacial score (nSPS) is 17.6. The number of halogens is 1. The molecule has 0 bridgehead atoms. The monoisotopic (exact) mass is 390 g/mol. The maximum absolute atomic E-state index is 12.6. The Morgan fingerprint density at radius 2 is 2.11 bits per heavy atom. The molecule has 1 aliphatic rings. The second kappa shape index (κ2) is 8.53. The number of hydrogen-bond acceptors (Lipinski definition) is 7. The van der Waals surface area contributed by atoms with Gasteiger partial charge in [-0.1, -0.05) is 11.6 Å². The van der Waals surface area contributed by atoms with Gasteiger partial charge in [0.05, 0.1) is 16.3 Å². The van der Waals surface area contributed by atoms with Gasteiger partial charge in [-0.15, -0.1) is 0 Å². The number of nitrogens with zero attached hydrogens (tertiary/aromatic N) is 4. The third-order valence-corrected chi connectivity index (χ3v) is 4.21. The van der Waals surface area contributed by atoms with E-state index in [4.69, 9.17) is 21.8 Å². The smallest absolute Gasteiger partial charge is 0.337 e. The minimum absolute atomic E-state index is 0.0267. The number of hydrogen-bond donors (Lipinski definition) is 2. The number of azo groups is 1. The van der Waals surface area contributed by atoms with Crippen LogP contribution in [0.2, 0.25) is 5.02 Å². The third kappa shape index (κ3) is 4.19. The highest BCUT2D eigenvalue weighted by Gasteiger charge is 2.39. The van der Waals surface area contributed by atoms with Gasteiger partial charge in [-0.2, -0.15) is 15.5 Å². The van der Waals surface area contributed by atoms with Crippen LogP contribution in [0, 0.1) is 11.3 Å². The molecule has 2 rings (SSSR count). The first-order chi connectivity index (χ1) is 12.8. The van der Waals surface area contributed by atoms with E-state index in [0.29, 0.717) is 0 Å². The number of nitriles is 1. The molecule has 0 fully saturated rings. The molecule has 1 atom stereocenters. The molecule has 140 valence electrons. The molecular formula is C17H15ClN4O5. The summed E-state index contributed by atoms with van der Waals surface area (Å²) in [5, 5.41) is 35.0. The van der Waals surface area contributed by atoms with Gasteiger partial charge in [0.1, 0.15) is 11.6 Å². The van der Waals surface area contributed by atoms with E-state index in [1.54, 1.807) is 6.07 Å². The van der Waals surface area contributed by atoms with Crippen molar-refractivity contribution in [1.82, 2.24) is 4.90 Å². The molecule has 2 amide bonds. The number of carbonyl (C=O) groups excluding carboxylic acids is 2. The molecule has 0 radical (unpaired) electrons. The maximum atomic E-state index is 12.6. The summed E-state index contributed by atoms with van der Waals surface area (Å²) in [6, 6.07) is 4.52. The topological polar surface area (TPSA) is 143 Å². The van der Waals surface area contributed by atoms with Crippen molar-refractivity contribution >= 4 is 35.1 Å². The standard InChI is InChI=1S/C17H15ClN4O5/c1-9-12(8-19)15(24)22(5-2-6-23)16(25)14(9)21-20-10-3-4-13(18)11(7-10)17(26)27/h3-4,7,14,23H,2,5-6H2,1H3,(H,26,27). The molecule has 0 aromatic heterocycles. The SMILES string of the molecule is CC1=C(C#N)C(=O)N(CCCO)C(=O)C1N=Nc1ccc(Cl)c(C(=O)O)c1. The van der Waals surface area contributed by atoms with Crippen molar-refractivity contribution in [3.8, 4) is 6.07 Å². The highest BCUT2D eigenvalue weighted by atomic mass is 35.5. The minimum Gasteiger partial charge on any atom is -0.478 e. The minimum atomic E-state index is -1.24. The second-order valence-electron chi connectivity index (χ2n) is 5.63. The number of imide groups is 1. The maximum Gasteiger partial charge on any atom is 0.337 e. The lowest BCUT2D eigenvalue weighted by molar-refractivity contribution is -0.144. The number of aromatic carboxylic acids is 1. The van der Waals surface area contributed by atoms with Gasteiger partial charge in [0.25, 0.3) is 11.8 Å². The fraction of sp³-hybridized carbons (Fsp3) is 0.294. The number of carboxylic acids is 1. The first-order valence-electron chi connectivity index (χ1n) is 7.83. The van der Waals surface area contributed by atoms with Gasteiger partial charge in [-0.3, -0.25) is 14.5 Å². The van der Waals surface area contributed by atoms with Crippen LogP contribution in [0.3, 0.4) is 0 Å². The Kier molecular flexibility index (Phi) is 6.39. The van der Waals surface area contributed by atoms with E-state index < -0.39 is 23.8 Å². The molecular weight excluding hydrogens is 376 g/mol. The zero-order valence-electron chi connectivity index (χ0n) is 14.2. The van der Waals surface area contributed by atoms with Crippen LogP contribution in [-0.2, 0) is 9.59 Å². The number of amides is 2. The summed E-state index contributed by atoms with van der Waals surface area (Å²) < 4.78 is 0. The van der Waals surface area contributed by atoms with Crippen LogP contribution in [0.15, 0.2) is 39.6 Å². The van der Waals surface area contributed by atoms with Crippen LogP contribution >= 0.6 is 11.6 Å². The molecule has 1 aliphatic heterocycles. The molecule has 0 saturated heterocycles. The molecule has 0 aliphatic carbocycles. The molecule has 9 nitrogen and oxygen atoms in total. The molecule has 1 heterocycles. The molecule has 1 aromatic carbocycles. The van der Waals surface area contributed by atoms with Crippen LogP contribution in [0.1, 0.15) is 23.7 Å². The Balaban J connectivity index is 2.39. The van der Waals surface area contributed by atoms with Crippen molar-refractivity contribution in [2.45, 2.75) is 19.4 Å². The summed E-state index contributed by atoms with van der Waals surface area (Å²) in [6.07, 6.45) is 0.165. The number of carbonyl (C=O) groups is 3.